The first-order valence-electron chi connectivity index (χ1n) is 9.93. The summed E-state index contributed by atoms with van der Waals surface area (Å²) in [6, 6.07) is 12.5. The minimum absolute atomic E-state index is 0.574. The van der Waals surface area contributed by atoms with Crippen LogP contribution in [0.1, 0.15) is 48.6 Å². The van der Waals surface area contributed by atoms with E-state index in [1.54, 1.807) is 6.20 Å². The van der Waals surface area contributed by atoms with Crippen LogP contribution in [-0.2, 0) is 10.8 Å². The van der Waals surface area contributed by atoms with Gasteiger partial charge in [-0.05, 0) is 23.4 Å². The number of imidazole rings is 1. The molecule has 0 spiro atoms. The van der Waals surface area contributed by atoms with Gasteiger partial charge in [-0.1, -0.05) is 64.0 Å². The topological polar surface area (TPSA) is 17.3 Å². The van der Waals surface area contributed by atoms with E-state index in [1.807, 2.05) is 13.0 Å². The summed E-state index contributed by atoms with van der Waals surface area (Å²) in [7, 11) is 0. The molecule has 5 rings (SSSR count). The highest BCUT2D eigenvalue weighted by atomic mass is 15.0. The molecule has 0 bridgehead atoms. The molecule has 0 N–H and O–H groups in total. The Morgan fingerprint density at radius 1 is 1.00 bits per heavy atom. The number of fused-ring (bicyclic) bond motifs is 3. The van der Waals surface area contributed by atoms with Gasteiger partial charge in [-0.3, -0.25) is 4.40 Å². The highest BCUT2D eigenvalue weighted by molar-refractivity contribution is 6.14. The Hall–Kier alpha value is -2.35. The Bertz CT molecular complexity index is 1260. The molecule has 0 fully saturated rings. The van der Waals surface area contributed by atoms with E-state index in [2.05, 4.69) is 55.5 Å². The van der Waals surface area contributed by atoms with Crippen LogP contribution in [0.15, 0.2) is 42.6 Å². The van der Waals surface area contributed by atoms with Gasteiger partial charge in [0.1, 0.15) is 5.65 Å². The second-order valence-corrected chi connectivity index (χ2v) is 7.75. The van der Waals surface area contributed by atoms with Gasteiger partial charge < -0.3 is 0 Å². The third kappa shape index (κ3) is 1.33. The number of aromatic nitrogens is 2. The molecule has 0 amide bonds. The minimum atomic E-state index is -2.16. The maximum Gasteiger partial charge on any atom is 0.145 e. The standard InChI is InChI=1S/C22H22N2/c1-13-10-11-16-19-18(13)14-8-6-7-9-15(14)20-23-12-17(24(19)20)22(4,5)21(16,2)3/h6-12H,1-5H3/i4D3. The molecular formula is C22H22N2. The van der Waals surface area contributed by atoms with Gasteiger partial charge in [0.25, 0.3) is 0 Å². The molecule has 2 nitrogen and oxygen atoms in total. The van der Waals surface area contributed by atoms with Gasteiger partial charge in [-0.2, -0.15) is 0 Å². The minimum Gasteiger partial charge on any atom is -0.295 e. The average molecular weight is 317 g/mol. The predicted octanol–water partition coefficient (Wildman–Crippen LogP) is 5.52. The fraction of sp³-hybridized carbons (Fsp3) is 0.318. The van der Waals surface area contributed by atoms with Crippen LogP contribution in [0, 0.1) is 6.92 Å². The highest BCUT2D eigenvalue weighted by Gasteiger charge is 2.46. The second kappa shape index (κ2) is 4.00. The third-order valence-corrected chi connectivity index (χ3v) is 6.24. The lowest BCUT2D eigenvalue weighted by atomic mass is 9.60. The summed E-state index contributed by atoms with van der Waals surface area (Å²) in [5.41, 5.74) is 3.36. The summed E-state index contributed by atoms with van der Waals surface area (Å²) < 4.78 is 27.3. The number of aryl methyl sites for hydroxylation is 1. The number of hydrogen-bond donors (Lipinski definition) is 0. The van der Waals surface area contributed by atoms with Gasteiger partial charge >= 0.3 is 0 Å². The van der Waals surface area contributed by atoms with E-state index >= 15 is 0 Å². The Balaban J connectivity index is 2.18. The van der Waals surface area contributed by atoms with Gasteiger partial charge in [0.15, 0.2) is 0 Å². The maximum atomic E-state index is 8.41. The van der Waals surface area contributed by atoms with Crippen LogP contribution >= 0.6 is 0 Å². The van der Waals surface area contributed by atoms with Gasteiger partial charge in [0.2, 0.25) is 0 Å². The van der Waals surface area contributed by atoms with Crippen LogP contribution in [0.25, 0.3) is 27.3 Å². The van der Waals surface area contributed by atoms with Crippen molar-refractivity contribution in [3.8, 4) is 0 Å². The molecule has 3 heterocycles. The summed E-state index contributed by atoms with van der Waals surface area (Å²) in [6.07, 6.45) is 1.78. The van der Waals surface area contributed by atoms with E-state index in [4.69, 9.17) is 9.10 Å². The number of benzene rings is 2. The molecule has 1 unspecified atom stereocenters. The largest absolute Gasteiger partial charge is 0.295 e. The molecule has 120 valence electrons. The van der Waals surface area contributed by atoms with Crippen molar-refractivity contribution in [2.24, 2.45) is 0 Å². The summed E-state index contributed by atoms with van der Waals surface area (Å²) >= 11 is 0. The van der Waals surface area contributed by atoms with E-state index < -0.39 is 17.7 Å². The maximum absolute atomic E-state index is 8.41. The van der Waals surface area contributed by atoms with Crippen LogP contribution in [-0.4, -0.2) is 9.38 Å². The zero-order chi connectivity index (χ0) is 19.4. The Morgan fingerprint density at radius 3 is 2.50 bits per heavy atom. The van der Waals surface area contributed by atoms with Crippen molar-refractivity contribution >= 4 is 27.3 Å². The first-order chi connectivity index (χ1) is 12.6. The lowest BCUT2D eigenvalue weighted by Crippen LogP contribution is -2.44. The summed E-state index contributed by atoms with van der Waals surface area (Å²) in [5, 5.41) is 3.42. The van der Waals surface area contributed by atoms with E-state index in [0.717, 1.165) is 27.8 Å². The molecule has 1 aliphatic heterocycles. The van der Waals surface area contributed by atoms with E-state index in [0.29, 0.717) is 0 Å². The SMILES string of the molecule is [2H]C([2H])([2H])C1(C)c2cnc3c4ccccc4c4c(C)ccc(c4n23)C1(C)C. The van der Waals surface area contributed by atoms with Gasteiger partial charge in [0, 0.05) is 37.6 Å². The molecule has 24 heavy (non-hydrogen) atoms. The monoisotopic (exact) mass is 317 g/mol. The molecule has 2 aromatic carbocycles. The fourth-order valence-electron chi connectivity index (χ4n) is 4.38. The van der Waals surface area contributed by atoms with E-state index in [1.165, 1.54) is 16.3 Å². The highest BCUT2D eigenvalue weighted by Crippen LogP contribution is 2.51. The van der Waals surface area contributed by atoms with Gasteiger partial charge in [-0.15, -0.1) is 0 Å². The molecule has 1 aliphatic rings. The molecule has 1 atom stereocenters. The molecule has 2 aromatic heterocycles. The lowest BCUT2D eigenvalue weighted by molar-refractivity contribution is 0.288. The predicted molar refractivity (Wildman–Crippen MR) is 101 cm³/mol. The quantitative estimate of drug-likeness (QED) is 0.390. The number of hydrogen-bond acceptors (Lipinski definition) is 1. The fourth-order valence-corrected chi connectivity index (χ4v) is 4.38. The Kier molecular flexibility index (Phi) is 1.87. The summed E-state index contributed by atoms with van der Waals surface area (Å²) in [5.74, 6) is 0. The van der Waals surface area contributed by atoms with Crippen LogP contribution < -0.4 is 0 Å². The van der Waals surface area contributed by atoms with Crippen LogP contribution in [0.5, 0.6) is 0 Å². The second-order valence-electron chi connectivity index (χ2n) is 7.75. The van der Waals surface area contributed by atoms with Crippen molar-refractivity contribution in [2.75, 3.05) is 0 Å². The number of rotatable bonds is 0. The normalized spacial score (nSPS) is 24.4. The Morgan fingerprint density at radius 2 is 1.75 bits per heavy atom. The molecule has 0 saturated carbocycles. The summed E-state index contributed by atoms with van der Waals surface area (Å²) in [4.78, 5) is 4.72. The number of nitrogens with zero attached hydrogens (tertiary/aromatic N) is 2. The van der Waals surface area contributed by atoms with Crippen molar-refractivity contribution in [2.45, 2.75) is 45.4 Å². The van der Waals surface area contributed by atoms with Crippen LogP contribution in [0.4, 0.5) is 0 Å². The van der Waals surface area contributed by atoms with Crippen molar-refractivity contribution in [3.05, 3.63) is 59.4 Å². The molecule has 0 aliphatic carbocycles. The van der Waals surface area contributed by atoms with E-state index in [9.17, 15) is 0 Å². The smallest absolute Gasteiger partial charge is 0.145 e. The third-order valence-electron chi connectivity index (χ3n) is 6.24. The van der Waals surface area contributed by atoms with Crippen molar-refractivity contribution in [3.63, 3.8) is 0 Å². The van der Waals surface area contributed by atoms with Crippen molar-refractivity contribution in [1.29, 1.82) is 0 Å². The molecular weight excluding hydrogens is 292 g/mol. The van der Waals surface area contributed by atoms with Gasteiger partial charge in [-0.25, -0.2) is 4.98 Å². The molecule has 2 heteroatoms. The van der Waals surface area contributed by atoms with Crippen LogP contribution in [0.3, 0.4) is 0 Å². The number of pyridine rings is 1. The molecule has 4 aromatic rings. The first-order valence-corrected chi connectivity index (χ1v) is 8.43. The molecule has 0 saturated heterocycles. The first kappa shape index (κ1) is 11.2. The zero-order valence-corrected chi connectivity index (χ0v) is 14.4. The van der Waals surface area contributed by atoms with Gasteiger partial charge in [0.05, 0.1) is 5.52 Å². The molecule has 0 radical (unpaired) electrons. The average Bonchev–Trinajstić information content (AvgIpc) is 3.04. The zero-order valence-electron chi connectivity index (χ0n) is 17.4. The van der Waals surface area contributed by atoms with Crippen molar-refractivity contribution in [1.82, 2.24) is 9.38 Å². The lowest BCUT2D eigenvalue weighted by Gasteiger charge is -2.46. The van der Waals surface area contributed by atoms with E-state index in [-0.39, 0.29) is 0 Å². The van der Waals surface area contributed by atoms with Crippen LogP contribution in [0.2, 0.25) is 0 Å². The summed E-state index contributed by atoms with van der Waals surface area (Å²) in [6.45, 7) is 5.95. The Labute approximate surface area is 146 Å². The van der Waals surface area contributed by atoms with Crippen molar-refractivity contribution < 1.29 is 4.11 Å².